The molecule has 0 aromatic carbocycles. The average molecular weight is 457 g/mol. The highest BCUT2D eigenvalue weighted by Crippen LogP contribution is 2.47. The van der Waals surface area contributed by atoms with Gasteiger partial charge in [-0.25, -0.2) is 4.98 Å². The maximum Gasteiger partial charge on any atom is 0.261 e. The third kappa shape index (κ3) is 3.53. The number of aliphatic hydroxyl groups is 1. The number of carbonyl (C=O) groups is 1. The quantitative estimate of drug-likeness (QED) is 0.632. The van der Waals surface area contributed by atoms with Crippen LogP contribution in [0.4, 0.5) is 5.82 Å². The van der Waals surface area contributed by atoms with Crippen LogP contribution in [0, 0.1) is 5.41 Å². The van der Waals surface area contributed by atoms with Crippen LogP contribution in [0.5, 0.6) is 5.75 Å². The van der Waals surface area contributed by atoms with E-state index in [1.807, 2.05) is 23.6 Å². The van der Waals surface area contributed by atoms with Gasteiger partial charge in [-0.15, -0.1) is 0 Å². The molecule has 3 aliphatic rings. The van der Waals surface area contributed by atoms with Crippen molar-refractivity contribution in [3.63, 3.8) is 0 Å². The smallest absolute Gasteiger partial charge is 0.261 e. The van der Waals surface area contributed by atoms with Crippen LogP contribution in [-0.2, 0) is 0 Å². The number of rotatable bonds is 1. The Balaban J connectivity index is 1.94. The predicted molar refractivity (Wildman–Crippen MR) is 118 cm³/mol. The number of anilines is 1. The van der Waals surface area contributed by atoms with Crippen LogP contribution < -0.4 is 15.0 Å². The summed E-state index contributed by atoms with van der Waals surface area (Å²) in [6, 6.07) is -0.140. The highest BCUT2D eigenvalue weighted by atomic mass is 35.5. The van der Waals surface area contributed by atoms with E-state index in [0.29, 0.717) is 49.7 Å². The summed E-state index contributed by atoms with van der Waals surface area (Å²) in [5, 5.41) is 14.0. The molecule has 2 N–H and O–H groups in total. The number of amides is 1. The zero-order valence-corrected chi connectivity index (χ0v) is 19.6. The Hall–Kier alpha value is -1.28. The van der Waals surface area contributed by atoms with Crippen LogP contribution in [0.15, 0.2) is 0 Å². The number of aromatic nitrogens is 1. The molecule has 9 heteroatoms. The first-order valence-corrected chi connectivity index (χ1v) is 11.2. The first-order valence-electron chi connectivity index (χ1n) is 10.4. The van der Waals surface area contributed by atoms with Crippen LogP contribution in [0.25, 0.3) is 0 Å². The van der Waals surface area contributed by atoms with Crippen LogP contribution in [0.3, 0.4) is 0 Å². The van der Waals surface area contributed by atoms with Gasteiger partial charge in [0.15, 0.2) is 10.9 Å². The molecular weight excluding hydrogens is 427 g/mol. The molecular formula is C21H30Cl2N4O3. The fourth-order valence-corrected chi connectivity index (χ4v) is 5.28. The van der Waals surface area contributed by atoms with Crippen molar-refractivity contribution in [1.29, 1.82) is 0 Å². The van der Waals surface area contributed by atoms with Gasteiger partial charge in [0, 0.05) is 37.1 Å². The Labute approximate surface area is 187 Å². The second kappa shape index (κ2) is 7.40. The Kier molecular flexibility index (Phi) is 5.41. The number of hydrogen-bond acceptors (Lipinski definition) is 6. The largest absolute Gasteiger partial charge is 0.485 e. The van der Waals surface area contributed by atoms with E-state index in [1.54, 1.807) is 0 Å². The Morgan fingerprint density at radius 3 is 2.60 bits per heavy atom. The normalized spacial score (nSPS) is 28.7. The van der Waals surface area contributed by atoms with Gasteiger partial charge in [-0.1, -0.05) is 44.0 Å². The molecule has 0 radical (unpaired) electrons. The molecule has 3 aliphatic heterocycles. The molecule has 30 heavy (non-hydrogen) atoms. The van der Waals surface area contributed by atoms with Gasteiger partial charge in [0.2, 0.25) is 0 Å². The van der Waals surface area contributed by atoms with E-state index in [2.05, 4.69) is 31.1 Å². The molecule has 3 atom stereocenters. The van der Waals surface area contributed by atoms with E-state index in [0.717, 1.165) is 0 Å². The molecule has 1 aromatic heterocycles. The van der Waals surface area contributed by atoms with Crippen LogP contribution >= 0.6 is 23.2 Å². The lowest BCUT2D eigenvalue weighted by Crippen LogP contribution is -2.61. The first kappa shape index (κ1) is 21.9. The van der Waals surface area contributed by atoms with Crippen molar-refractivity contribution in [2.24, 2.45) is 5.41 Å². The molecule has 2 saturated heterocycles. The standard InChI is InChI=1S/C21H30Cl2N4O3/c1-20(2,3)16-12-9-24-6-7-26(12)19(29)13-15(30-16)14(22)17(23)25-18(13)27-10-11(28)8-21(27,4)5/h11-12,16,24,28H,6-10H2,1-5H3/t11?,12-,16?/m1/s1. The summed E-state index contributed by atoms with van der Waals surface area (Å²) in [4.78, 5) is 22.2. The van der Waals surface area contributed by atoms with E-state index < -0.39 is 11.6 Å². The van der Waals surface area contributed by atoms with Gasteiger partial charge in [-0.05, 0) is 20.3 Å². The number of aliphatic hydroxyl groups excluding tert-OH is 1. The fraction of sp³-hybridized carbons (Fsp3) is 0.714. The average Bonchev–Trinajstić information content (AvgIpc) is 2.84. The van der Waals surface area contributed by atoms with Crippen molar-refractivity contribution in [3.8, 4) is 5.75 Å². The van der Waals surface area contributed by atoms with Crippen LogP contribution in [0.2, 0.25) is 10.2 Å². The van der Waals surface area contributed by atoms with Gasteiger partial charge in [0.1, 0.15) is 22.5 Å². The molecule has 0 saturated carbocycles. The number of nitrogens with zero attached hydrogens (tertiary/aromatic N) is 3. The predicted octanol–water partition coefficient (Wildman–Crippen LogP) is 2.96. The van der Waals surface area contributed by atoms with E-state index in [1.165, 1.54) is 0 Å². The molecule has 1 amide bonds. The van der Waals surface area contributed by atoms with Gasteiger partial charge >= 0.3 is 0 Å². The molecule has 166 valence electrons. The third-order valence-corrected chi connectivity index (χ3v) is 7.08. The van der Waals surface area contributed by atoms with Gasteiger partial charge in [-0.2, -0.15) is 0 Å². The van der Waals surface area contributed by atoms with Crippen molar-refractivity contribution >= 4 is 34.9 Å². The maximum atomic E-state index is 13.9. The van der Waals surface area contributed by atoms with Gasteiger partial charge in [0.05, 0.1) is 12.1 Å². The van der Waals surface area contributed by atoms with Crippen LogP contribution in [-0.4, -0.2) is 70.9 Å². The molecule has 0 bridgehead atoms. The second-order valence-corrected chi connectivity index (χ2v) is 10.9. The lowest BCUT2D eigenvalue weighted by atomic mass is 9.83. The summed E-state index contributed by atoms with van der Waals surface area (Å²) < 4.78 is 6.52. The summed E-state index contributed by atoms with van der Waals surface area (Å²) in [5.41, 5.74) is -0.298. The zero-order valence-electron chi connectivity index (χ0n) is 18.1. The van der Waals surface area contributed by atoms with Gasteiger partial charge in [-0.3, -0.25) is 4.79 Å². The van der Waals surface area contributed by atoms with E-state index in [4.69, 9.17) is 27.9 Å². The molecule has 4 heterocycles. The SMILES string of the molecule is CC(C)(C)C1Oc2c(Cl)c(Cl)nc(N3CC(O)CC3(C)C)c2C(=O)N2CCNC[C@H]12. The molecule has 4 rings (SSSR count). The van der Waals surface area contributed by atoms with Gasteiger partial charge in [0.25, 0.3) is 5.91 Å². The van der Waals surface area contributed by atoms with E-state index in [-0.39, 0.29) is 33.6 Å². The number of pyridine rings is 1. The fourth-order valence-electron chi connectivity index (χ4n) is 4.94. The number of nitrogens with one attached hydrogen (secondary N) is 1. The number of β-amino-alcohol motifs (C(OH)–C–C–N with tert-alkyl or cyclic N) is 1. The van der Waals surface area contributed by atoms with Crippen molar-refractivity contribution in [1.82, 2.24) is 15.2 Å². The number of hydrogen-bond donors (Lipinski definition) is 2. The minimum absolute atomic E-state index is 0.0982. The maximum absolute atomic E-state index is 13.9. The molecule has 7 nitrogen and oxygen atoms in total. The summed E-state index contributed by atoms with van der Waals surface area (Å²) in [7, 11) is 0. The number of fused-ring (bicyclic) bond motifs is 2. The minimum atomic E-state index is -0.511. The Morgan fingerprint density at radius 1 is 1.30 bits per heavy atom. The van der Waals surface area contributed by atoms with E-state index >= 15 is 0 Å². The monoisotopic (exact) mass is 456 g/mol. The summed E-state index contributed by atoms with van der Waals surface area (Å²) in [6.45, 7) is 12.6. The van der Waals surface area contributed by atoms with E-state index in [9.17, 15) is 9.90 Å². The zero-order chi connectivity index (χ0) is 22.0. The number of piperazine rings is 1. The third-order valence-electron chi connectivity index (χ3n) is 6.36. The number of halogens is 2. The van der Waals surface area contributed by atoms with Crippen molar-refractivity contribution < 1.29 is 14.6 Å². The van der Waals surface area contributed by atoms with Crippen LogP contribution in [0.1, 0.15) is 51.4 Å². The van der Waals surface area contributed by atoms with Crippen molar-refractivity contribution in [2.45, 2.75) is 64.8 Å². The molecule has 0 spiro atoms. The second-order valence-electron chi connectivity index (χ2n) is 10.2. The molecule has 0 aliphatic carbocycles. The number of ether oxygens (including phenoxy) is 1. The number of carbonyl (C=O) groups excluding carboxylic acids is 1. The van der Waals surface area contributed by atoms with Gasteiger partial charge < -0.3 is 25.0 Å². The Bertz CT molecular complexity index is 871. The lowest BCUT2D eigenvalue weighted by molar-refractivity contribution is 0.00235. The summed E-state index contributed by atoms with van der Waals surface area (Å²) >= 11 is 13.0. The highest BCUT2D eigenvalue weighted by Gasteiger charge is 2.48. The Morgan fingerprint density at radius 2 is 2.00 bits per heavy atom. The lowest BCUT2D eigenvalue weighted by Gasteiger charge is -2.43. The highest BCUT2D eigenvalue weighted by molar-refractivity contribution is 6.42. The summed E-state index contributed by atoms with van der Waals surface area (Å²) in [6.07, 6.45) is -0.223. The summed E-state index contributed by atoms with van der Waals surface area (Å²) in [5.74, 6) is 0.572. The minimum Gasteiger partial charge on any atom is -0.485 e. The first-order chi connectivity index (χ1) is 13.9. The molecule has 1 aromatic rings. The topological polar surface area (TPSA) is 77.9 Å². The molecule has 2 fully saturated rings. The van der Waals surface area contributed by atoms with Crippen molar-refractivity contribution in [3.05, 3.63) is 15.7 Å². The van der Waals surface area contributed by atoms with Crippen molar-refractivity contribution in [2.75, 3.05) is 31.1 Å². The molecule has 2 unspecified atom stereocenters.